The minimum absolute atomic E-state index is 0.117. The lowest BCUT2D eigenvalue weighted by atomic mass is 10.1. The molecule has 0 aliphatic heterocycles. The summed E-state index contributed by atoms with van der Waals surface area (Å²) in [5.41, 5.74) is 8.22. The number of nitrogens with one attached hydrogen (secondary N) is 1. The van der Waals surface area contributed by atoms with Gasteiger partial charge in [-0.15, -0.1) is 0 Å². The van der Waals surface area contributed by atoms with Gasteiger partial charge in [-0.25, -0.2) is 4.79 Å². The van der Waals surface area contributed by atoms with Crippen LogP contribution < -0.4 is 15.8 Å². The Bertz CT molecular complexity index is 944. The number of hydrogen-bond acceptors (Lipinski definition) is 4. The summed E-state index contributed by atoms with van der Waals surface area (Å²) in [6.45, 7) is 0.588. The van der Waals surface area contributed by atoms with E-state index in [1.807, 2.05) is 84.9 Å². The van der Waals surface area contributed by atoms with E-state index in [1.165, 1.54) is 0 Å². The summed E-state index contributed by atoms with van der Waals surface area (Å²) in [5, 5.41) is 2.53. The van der Waals surface area contributed by atoms with Gasteiger partial charge >= 0.3 is 6.09 Å². The molecule has 0 radical (unpaired) electrons. The number of primary amides is 1. The first-order valence-electron chi connectivity index (χ1n) is 9.62. The molecule has 0 heterocycles. The minimum atomic E-state index is -0.871. The summed E-state index contributed by atoms with van der Waals surface area (Å²) in [4.78, 5) is 23.8. The summed E-state index contributed by atoms with van der Waals surface area (Å²) in [6, 6.07) is 25.6. The molecule has 0 fully saturated rings. The maximum atomic E-state index is 12.0. The van der Waals surface area contributed by atoms with Gasteiger partial charge in [0.1, 0.15) is 25.0 Å². The largest absolute Gasteiger partial charge is 0.489 e. The van der Waals surface area contributed by atoms with Crippen molar-refractivity contribution in [2.75, 3.05) is 0 Å². The third kappa shape index (κ3) is 6.67. The summed E-state index contributed by atoms with van der Waals surface area (Å²) in [5.74, 6) is 0.0875. The highest BCUT2D eigenvalue weighted by Gasteiger charge is 2.19. The first-order chi connectivity index (χ1) is 14.6. The summed E-state index contributed by atoms with van der Waals surface area (Å²) >= 11 is 0. The molecule has 3 aromatic carbocycles. The SMILES string of the molecule is NC(=O)[C@H](Cc1ccc(OCc2ccccc2)cc1)NC(=O)OCc1ccccc1. The smallest absolute Gasteiger partial charge is 0.408 e. The second-order valence-electron chi connectivity index (χ2n) is 6.78. The van der Waals surface area contributed by atoms with Gasteiger partial charge in [0.25, 0.3) is 0 Å². The maximum absolute atomic E-state index is 12.0. The van der Waals surface area contributed by atoms with E-state index in [9.17, 15) is 9.59 Å². The fraction of sp³-hybridized carbons (Fsp3) is 0.167. The van der Waals surface area contributed by atoms with Crippen molar-refractivity contribution in [1.29, 1.82) is 0 Å². The Kier molecular flexibility index (Phi) is 7.44. The van der Waals surface area contributed by atoms with Crippen molar-refractivity contribution in [1.82, 2.24) is 5.32 Å². The Balaban J connectivity index is 1.50. The van der Waals surface area contributed by atoms with Gasteiger partial charge in [-0.1, -0.05) is 72.8 Å². The molecule has 0 aromatic heterocycles. The van der Waals surface area contributed by atoms with E-state index < -0.39 is 18.0 Å². The van der Waals surface area contributed by atoms with Gasteiger partial charge in [0, 0.05) is 6.42 Å². The molecule has 0 saturated carbocycles. The number of rotatable bonds is 9. The number of benzene rings is 3. The molecule has 0 bridgehead atoms. The van der Waals surface area contributed by atoms with Crippen LogP contribution in [-0.2, 0) is 29.2 Å². The van der Waals surface area contributed by atoms with Crippen LogP contribution in [0.5, 0.6) is 5.75 Å². The lowest BCUT2D eigenvalue weighted by Crippen LogP contribution is -2.46. The first kappa shape index (κ1) is 20.9. The van der Waals surface area contributed by atoms with Crippen LogP contribution in [0.4, 0.5) is 4.79 Å². The molecule has 0 aliphatic carbocycles. The summed E-state index contributed by atoms with van der Waals surface area (Å²) < 4.78 is 10.9. The van der Waals surface area contributed by atoms with Crippen LogP contribution in [0, 0.1) is 0 Å². The Morgan fingerprint density at radius 3 is 1.90 bits per heavy atom. The van der Waals surface area contributed by atoms with Crippen LogP contribution in [0.2, 0.25) is 0 Å². The van der Waals surface area contributed by atoms with E-state index in [1.54, 1.807) is 0 Å². The van der Waals surface area contributed by atoms with Crippen molar-refractivity contribution in [3.05, 3.63) is 102 Å². The van der Waals surface area contributed by atoms with Crippen LogP contribution >= 0.6 is 0 Å². The highest BCUT2D eigenvalue weighted by atomic mass is 16.5. The second-order valence-corrected chi connectivity index (χ2v) is 6.78. The lowest BCUT2D eigenvalue weighted by molar-refractivity contribution is -0.119. The third-order valence-electron chi connectivity index (χ3n) is 4.46. The maximum Gasteiger partial charge on any atom is 0.408 e. The zero-order chi connectivity index (χ0) is 21.2. The molecule has 154 valence electrons. The fourth-order valence-electron chi connectivity index (χ4n) is 2.83. The number of hydrogen-bond donors (Lipinski definition) is 2. The molecular weight excluding hydrogens is 380 g/mol. The predicted octanol–water partition coefficient (Wildman–Crippen LogP) is 3.59. The summed E-state index contributed by atoms with van der Waals surface area (Å²) in [6.07, 6.45) is -0.431. The Hall–Kier alpha value is -3.80. The van der Waals surface area contributed by atoms with Gasteiger partial charge < -0.3 is 20.5 Å². The number of nitrogens with two attached hydrogens (primary N) is 1. The monoisotopic (exact) mass is 404 g/mol. The van der Waals surface area contributed by atoms with Gasteiger partial charge in [-0.3, -0.25) is 4.79 Å². The predicted molar refractivity (Wildman–Crippen MR) is 114 cm³/mol. The standard InChI is InChI=1S/C24H24N2O4/c25-23(27)22(26-24(28)30-17-20-9-5-2-6-10-20)15-18-11-13-21(14-12-18)29-16-19-7-3-1-4-8-19/h1-14,22H,15-17H2,(H2,25,27)(H,26,28)/t22-/m0/s1. The number of ether oxygens (including phenoxy) is 2. The van der Waals surface area contributed by atoms with E-state index in [0.29, 0.717) is 12.4 Å². The van der Waals surface area contributed by atoms with Crippen LogP contribution in [0.1, 0.15) is 16.7 Å². The zero-order valence-corrected chi connectivity index (χ0v) is 16.5. The highest BCUT2D eigenvalue weighted by Crippen LogP contribution is 2.15. The van der Waals surface area contributed by atoms with Crippen molar-refractivity contribution < 1.29 is 19.1 Å². The molecule has 0 aliphatic rings. The van der Waals surface area contributed by atoms with E-state index in [0.717, 1.165) is 16.7 Å². The van der Waals surface area contributed by atoms with Gasteiger partial charge in [0.2, 0.25) is 5.91 Å². The molecule has 3 rings (SSSR count). The molecule has 30 heavy (non-hydrogen) atoms. The molecule has 0 unspecified atom stereocenters. The number of amides is 2. The fourth-order valence-corrected chi connectivity index (χ4v) is 2.83. The Labute approximate surface area is 175 Å². The van der Waals surface area contributed by atoms with Crippen molar-refractivity contribution in [2.45, 2.75) is 25.7 Å². The van der Waals surface area contributed by atoms with Crippen molar-refractivity contribution >= 4 is 12.0 Å². The molecule has 6 heteroatoms. The highest BCUT2D eigenvalue weighted by molar-refractivity contribution is 5.84. The molecule has 0 saturated heterocycles. The van der Waals surface area contributed by atoms with E-state index in [2.05, 4.69) is 5.32 Å². The quantitative estimate of drug-likeness (QED) is 0.570. The average Bonchev–Trinajstić information content (AvgIpc) is 2.78. The van der Waals surface area contributed by atoms with Gasteiger partial charge in [-0.05, 0) is 28.8 Å². The summed E-state index contributed by atoms with van der Waals surface area (Å²) in [7, 11) is 0. The molecule has 3 aromatic rings. The Morgan fingerprint density at radius 2 is 1.33 bits per heavy atom. The van der Waals surface area contributed by atoms with E-state index in [-0.39, 0.29) is 13.0 Å². The minimum Gasteiger partial charge on any atom is -0.489 e. The van der Waals surface area contributed by atoms with Crippen LogP contribution in [0.25, 0.3) is 0 Å². The van der Waals surface area contributed by atoms with Crippen LogP contribution in [0.15, 0.2) is 84.9 Å². The Morgan fingerprint density at radius 1 is 0.767 bits per heavy atom. The molecule has 3 N–H and O–H groups in total. The van der Waals surface area contributed by atoms with Crippen molar-refractivity contribution in [2.24, 2.45) is 5.73 Å². The first-order valence-corrected chi connectivity index (χ1v) is 9.62. The number of carbonyl (C=O) groups is 2. The number of alkyl carbamates (subject to hydrolysis) is 1. The molecule has 1 atom stereocenters. The molecule has 0 spiro atoms. The molecule has 2 amide bonds. The average molecular weight is 404 g/mol. The van der Waals surface area contributed by atoms with Crippen LogP contribution in [0.3, 0.4) is 0 Å². The van der Waals surface area contributed by atoms with E-state index >= 15 is 0 Å². The zero-order valence-electron chi connectivity index (χ0n) is 16.5. The van der Waals surface area contributed by atoms with E-state index in [4.69, 9.17) is 15.2 Å². The van der Waals surface area contributed by atoms with Crippen molar-refractivity contribution in [3.8, 4) is 5.75 Å². The van der Waals surface area contributed by atoms with Crippen LogP contribution in [-0.4, -0.2) is 18.0 Å². The third-order valence-corrected chi connectivity index (χ3v) is 4.46. The lowest BCUT2D eigenvalue weighted by Gasteiger charge is -2.16. The van der Waals surface area contributed by atoms with Gasteiger partial charge in [0.15, 0.2) is 0 Å². The topological polar surface area (TPSA) is 90.7 Å². The normalized spacial score (nSPS) is 11.3. The van der Waals surface area contributed by atoms with Gasteiger partial charge in [0.05, 0.1) is 0 Å². The van der Waals surface area contributed by atoms with Crippen molar-refractivity contribution in [3.63, 3.8) is 0 Å². The number of carbonyl (C=O) groups excluding carboxylic acids is 2. The molecular formula is C24H24N2O4. The molecule has 6 nitrogen and oxygen atoms in total. The second kappa shape index (κ2) is 10.7. The van der Waals surface area contributed by atoms with Gasteiger partial charge in [-0.2, -0.15) is 0 Å².